The van der Waals surface area contributed by atoms with Crippen molar-refractivity contribution in [3.05, 3.63) is 71.9 Å². The summed E-state index contributed by atoms with van der Waals surface area (Å²) in [5.41, 5.74) is -1.09. The van der Waals surface area contributed by atoms with Gasteiger partial charge in [-0.2, -0.15) is 13.2 Å². The van der Waals surface area contributed by atoms with Gasteiger partial charge in [0, 0.05) is 18.0 Å². The van der Waals surface area contributed by atoms with Crippen molar-refractivity contribution in [3.63, 3.8) is 0 Å². The number of nitrogens with zero attached hydrogens (tertiary/aromatic N) is 3. The van der Waals surface area contributed by atoms with Gasteiger partial charge < -0.3 is 10.3 Å². The lowest BCUT2D eigenvalue weighted by atomic mass is 10.1. The Balaban J connectivity index is 1.79. The second-order valence-corrected chi connectivity index (χ2v) is 6.03. The average molecular weight is 401 g/mol. The molecule has 0 saturated heterocycles. The van der Waals surface area contributed by atoms with Gasteiger partial charge in [0.25, 0.3) is 5.91 Å². The van der Waals surface area contributed by atoms with E-state index in [0.717, 1.165) is 12.1 Å². The molecule has 6 nitrogen and oxygen atoms in total. The molecular formula is C19H11F4N5O. The van der Waals surface area contributed by atoms with Crippen LogP contribution in [0.2, 0.25) is 0 Å². The number of imidazole rings is 1. The number of nitrogens with one attached hydrogen (secondary N) is 2. The van der Waals surface area contributed by atoms with Gasteiger partial charge in [0.1, 0.15) is 23.0 Å². The predicted octanol–water partition coefficient (Wildman–Crippen LogP) is 4.43. The van der Waals surface area contributed by atoms with Crippen molar-refractivity contribution >= 4 is 22.8 Å². The fourth-order valence-electron chi connectivity index (χ4n) is 2.80. The average Bonchev–Trinajstić information content (AvgIpc) is 3.12. The lowest BCUT2D eigenvalue weighted by Crippen LogP contribution is -2.13. The summed E-state index contributed by atoms with van der Waals surface area (Å²) in [5.74, 6) is -1.46. The number of aromatic amines is 1. The molecule has 1 amide bonds. The van der Waals surface area contributed by atoms with Gasteiger partial charge in [-0.3, -0.25) is 9.78 Å². The largest absolute Gasteiger partial charge is 0.417 e. The fourth-order valence-corrected chi connectivity index (χ4v) is 2.80. The predicted molar refractivity (Wildman–Crippen MR) is 96.5 cm³/mol. The minimum absolute atomic E-state index is 0.0475. The Bertz CT molecular complexity index is 1200. The van der Waals surface area contributed by atoms with Gasteiger partial charge in [0.2, 0.25) is 0 Å². The molecule has 1 aromatic carbocycles. The number of alkyl halides is 3. The Kier molecular flexibility index (Phi) is 4.45. The summed E-state index contributed by atoms with van der Waals surface area (Å²) in [6.07, 6.45) is -0.705. The molecular weight excluding hydrogens is 390 g/mol. The Labute approximate surface area is 160 Å². The maximum Gasteiger partial charge on any atom is 0.417 e. The molecule has 0 radical (unpaired) electrons. The molecule has 0 spiro atoms. The Hall–Kier alpha value is -3.82. The van der Waals surface area contributed by atoms with Gasteiger partial charge in [-0.05, 0) is 30.3 Å². The number of aromatic nitrogens is 4. The molecule has 0 fully saturated rings. The molecule has 10 heteroatoms. The first-order valence-corrected chi connectivity index (χ1v) is 8.26. The van der Waals surface area contributed by atoms with Gasteiger partial charge in [0.05, 0.1) is 22.8 Å². The second-order valence-electron chi connectivity index (χ2n) is 6.03. The number of pyridine rings is 2. The summed E-state index contributed by atoms with van der Waals surface area (Å²) >= 11 is 0. The highest BCUT2D eigenvalue weighted by molar-refractivity contribution is 6.11. The van der Waals surface area contributed by atoms with Crippen molar-refractivity contribution in [3.8, 4) is 11.4 Å². The summed E-state index contributed by atoms with van der Waals surface area (Å²) in [4.78, 5) is 27.3. The van der Waals surface area contributed by atoms with Gasteiger partial charge in [-0.15, -0.1) is 0 Å². The van der Waals surface area contributed by atoms with Crippen LogP contribution in [0.3, 0.4) is 0 Å². The minimum atomic E-state index is -4.78. The van der Waals surface area contributed by atoms with Crippen molar-refractivity contribution < 1.29 is 22.4 Å². The topological polar surface area (TPSA) is 83.6 Å². The summed E-state index contributed by atoms with van der Waals surface area (Å²) in [5, 5.41) is 2.57. The molecule has 29 heavy (non-hydrogen) atoms. The number of H-pyrrole nitrogens is 1. The van der Waals surface area contributed by atoms with Gasteiger partial charge in [-0.1, -0.05) is 6.07 Å². The van der Waals surface area contributed by atoms with E-state index in [1.807, 2.05) is 0 Å². The normalized spacial score (nSPS) is 11.6. The highest BCUT2D eigenvalue weighted by Crippen LogP contribution is 2.37. The van der Waals surface area contributed by atoms with Crippen LogP contribution in [0.5, 0.6) is 0 Å². The molecule has 0 aliphatic heterocycles. The summed E-state index contributed by atoms with van der Waals surface area (Å²) in [6.45, 7) is 0. The van der Waals surface area contributed by atoms with Crippen molar-refractivity contribution in [1.82, 2.24) is 19.9 Å². The molecule has 2 N–H and O–H groups in total. The first-order valence-electron chi connectivity index (χ1n) is 8.26. The number of amides is 1. The van der Waals surface area contributed by atoms with Crippen LogP contribution < -0.4 is 5.32 Å². The quantitative estimate of drug-likeness (QED) is 0.498. The molecule has 3 heterocycles. The van der Waals surface area contributed by atoms with E-state index in [1.165, 1.54) is 18.6 Å². The summed E-state index contributed by atoms with van der Waals surface area (Å²) in [7, 11) is 0. The number of carbonyl (C=O) groups excluding carboxylic acids is 1. The molecule has 4 rings (SSSR count). The third-order valence-corrected chi connectivity index (χ3v) is 4.09. The van der Waals surface area contributed by atoms with E-state index < -0.39 is 23.5 Å². The van der Waals surface area contributed by atoms with Gasteiger partial charge in [0.15, 0.2) is 0 Å². The lowest BCUT2D eigenvalue weighted by Gasteiger charge is -2.11. The fraction of sp³-hybridized carbons (Fsp3) is 0.0526. The van der Waals surface area contributed by atoms with E-state index in [9.17, 15) is 22.4 Å². The summed E-state index contributed by atoms with van der Waals surface area (Å²) in [6, 6.07) is 7.23. The van der Waals surface area contributed by atoms with Crippen LogP contribution in [-0.4, -0.2) is 25.8 Å². The SMILES string of the molecule is O=C(Nc1ccccn1)c1cncc2[nH]c(-c3ccc(F)cc3C(F)(F)F)nc12. The van der Waals surface area contributed by atoms with E-state index >= 15 is 0 Å². The standard InChI is InChI=1S/C19H11F4N5O/c20-10-4-5-11(13(7-10)19(21,22)23)17-26-14-9-24-8-12(16(14)28-17)18(29)27-15-3-1-2-6-25-15/h1-9H,(H,26,28)(H,25,27,29). The number of hydrogen-bond acceptors (Lipinski definition) is 4. The van der Waals surface area contributed by atoms with Crippen LogP contribution in [0.25, 0.3) is 22.4 Å². The number of rotatable bonds is 3. The van der Waals surface area contributed by atoms with Crippen molar-refractivity contribution in [1.29, 1.82) is 0 Å². The Morgan fingerprint density at radius 3 is 2.66 bits per heavy atom. The molecule has 3 aromatic heterocycles. The monoisotopic (exact) mass is 401 g/mol. The maximum absolute atomic E-state index is 13.4. The van der Waals surface area contributed by atoms with Gasteiger partial charge >= 0.3 is 6.18 Å². The molecule has 0 aliphatic rings. The van der Waals surface area contributed by atoms with Gasteiger partial charge in [-0.25, -0.2) is 14.4 Å². The van der Waals surface area contributed by atoms with Crippen LogP contribution >= 0.6 is 0 Å². The van der Waals surface area contributed by atoms with Crippen molar-refractivity contribution in [2.75, 3.05) is 5.32 Å². The third-order valence-electron chi connectivity index (χ3n) is 4.09. The number of halogens is 4. The van der Waals surface area contributed by atoms with E-state index in [4.69, 9.17) is 0 Å². The molecule has 0 bridgehead atoms. The third kappa shape index (κ3) is 3.64. The molecule has 0 aliphatic carbocycles. The first kappa shape index (κ1) is 18.5. The van der Waals surface area contributed by atoms with Crippen LogP contribution in [0.4, 0.5) is 23.4 Å². The second kappa shape index (κ2) is 6.97. The number of fused-ring (bicyclic) bond motifs is 1. The van der Waals surface area contributed by atoms with Crippen LogP contribution in [0, 0.1) is 5.82 Å². The molecule has 0 saturated carbocycles. The van der Waals surface area contributed by atoms with Crippen LogP contribution in [0.15, 0.2) is 55.0 Å². The van der Waals surface area contributed by atoms with Crippen LogP contribution in [-0.2, 0) is 6.18 Å². The van der Waals surface area contributed by atoms with Crippen molar-refractivity contribution in [2.24, 2.45) is 0 Å². The van der Waals surface area contributed by atoms with E-state index in [2.05, 4.69) is 25.3 Å². The Morgan fingerprint density at radius 1 is 1.10 bits per heavy atom. The number of carbonyl (C=O) groups is 1. The Morgan fingerprint density at radius 2 is 1.93 bits per heavy atom. The number of anilines is 1. The van der Waals surface area contributed by atoms with E-state index in [-0.39, 0.29) is 28.0 Å². The lowest BCUT2D eigenvalue weighted by molar-refractivity contribution is -0.137. The van der Waals surface area contributed by atoms with E-state index in [1.54, 1.807) is 18.2 Å². The van der Waals surface area contributed by atoms with Crippen molar-refractivity contribution in [2.45, 2.75) is 6.18 Å². The molecule has 0 unspecified atom stereocenters. The van der Waals surface area contributed by atoms with Crippen LogP contribution in [0.1, 0.15) is 15.9 Å². The molecule has 4 aromatic rings. The summed E-state index contributed by atoms with van der Waals surface area (Å²) < 4.78 is 53.4. The first-order chi connectivity index (χ1) is 13.8. The molecule has 146 valence electrons. The van der Waals surface area contributed by atoms with E-state index in [0.29, 0.717) is 11.9 Å². The number of hydrogen-bond donors (Lipinski definition) is 2. The highest BCUT2D eigenvalue weighted by Gasteiger charge is 2.35. The zero-order valence-corrected chi connectivity index (χ0v) is 14.5. The highest BCUT2D eigenvalue weighted by atomic mass is 19.4. The zero-order valence-electron chi connectivity index (χ0n) is 14.5. The smallest absolute Gasteiger partial charge is 0.337 e. The minimum Gasteiger partial charge on any atom is -0.337 e. The number of benzene rings is 1. The zero-order chi connectivity index (χ0) is 20.6. The molecule has 0 atom stereocenters. The maximum atomic E-state index is 13.4.